The molecule has 2 aliphatic rings. The van der Waals surface area contributed by atoms with Gasteiger partial charge in [-0.25, -0.2) is 9.59 Å². The summed E-state index contributed by atoms with van der Waals surface area (Å²) in [6, 6.07) is 13.5. The van der Waals surface area contributed by atoms with Crippen LogP contribution in [0.2, 0.25) is 0 Å². The van der Waals surface area contributed by atoms with Gasteiger partial charge in [-0.2, -0.15) is 0 Å². The molecule has 2 aliphatic heterocycles. The van der Waals surface area contributed by atoms with Gasteiger partial charge in [-0.1, -0.05) is 51.0 Å². The quantitative estimate of drug-likeness (QED) is 0.225. The second-order valence-corrected chi connectivity index (χ2v) is 11.2. The third-order valence-corrected chi connectivity index (χ3v) is 7.96. The maximum Gasteiger partial charge on any atom is 0.325 e. The van der Waals surface area contributed by atoms with Crippen LogP contribution in [0.5, 0.6) is 11.5 Å². The fourth-order valence-corrected chi connectivity index (χ4v) is 5.17. The first-order chi connectivity index (χ1) is 20.1. The van der Waals surface area contributed by atoms with Crippen molar-refractivity contribution >= 4 is 23.9 Å². The molecule has 2 atom stereocenters. The molecule has 0 radical (unpaired) electrons. The largest absolute Gasteiger partial charge is 0.494 e. The molecule has 0 aliphatic carbocycles. The second kappa shape index (κ2) is 13.3. The van der Waals surface area contributed by atoms with E-state index in [0.717, 1.165) is 37.2 Å². The average molecular weight is 579 g/mol. The minimum Gasteiger partial charge on any atom is -0.494 e. The lowest BCUT2D eigenvalue weighted by Crippen LogP contribution is -2.41. The Bertz CT molecular complexity index is 1180. The highest BCUT2D eigenvalue weighted by Gasteiger charge is 2.50. The van der Waals surface area contributed by atoms with Gasteiger partial charge in [0, 0.05) is 13.1 Å². The summed E-state index contributed by atoms with van der Waals surface area (Å²) in [5, 5.41) is 5.64. The summed E-state index contributed by atoms with van der Waals surface area (Å²) in [7, 11) is 0. The molecule has 226 valence electrons. The van der Waals surface area contributed by atoms with Crippen molar-refractivity contribution in [1.29, 1.82) is 0 Å². The Hall–Kier alpha value is -4.08. The highest BCUT2D eigenvalue weighted by atomic mass is 16.5. The third kappa shape index (κ3) is 6.37. The Morgan fingerprint density at radius 1 is 0.595 bits per heavy atom. The van der Waals surface area contributed by atoms with Gasteiger partial charge in [0.2, 0.25) is 0 Å². The number of imide groups is 2. The van der Waals surface area contributed by atoms with Gasteiger partial charge in [-0.15, -0.1) is 0 Å². The fourth-order valence-electron chi connectivity index (χ4n) is 5.17. The Balaban J connectivity index is 1.29. The molecule has 0 unspecified atom stereocenters. The van der Waals surface area contributed by atoms with E-state index in [4.69, 9.17) is 9.47 Å². The van der Waals surface area contributed by atoms with Gasteiger partial charge in [0.05, 0.1) is 13.2 Å². The molecule has 2 N–H and O–H groups in total. The number of carbonyl (C=O) groups is 4. The van der Waals surface area contributed by atoms with Gasteiger partial charge in [-0.3, -0.25) is 19.4 Å². The van der Waals surface area contributed by atoms with Crippen molar-refractivity contribution in [2.24, 2.45) is 0 Å². The van der Waals surface area contributed by atoms with Crippen LogP contribution in [0.4, 0.5) is 9.59 Å². The molecule has 0 bridgehead atoms. The molecule has 2 fully saturated rings. The molecule has 0 saturated carbocycles. The summed E-state index contributed by atoms with van der Waals surface area (Å²) >= 11 is 0. The van der Waals surface area contributed by atoms with Gasteiger partial charge in [0.1, 0.15) is 22.6 Å². The third-order valence-electron chi connectivity index (χ3n) is 7.96. The Kier molecular flexibility index (Phi) is 9.75. The molecule has 0 spiro atoms. The van der Waals surface area contributed by atoms with Gasteiger partial charge in [0.25, 0.3) is 11.8 Å². The van der Waals surface area contributed by atoms with Gasteiger partial charge < -0.3 is 20.1 Å². The van der Waals surface area contributed by atoms with Crippen LogP contribution in [0.15, 0.2) is 48.5 Å². The Morgan fingerprint density at radius 2 is 0.952 bits per heavy atom. The zero-order chi connectivity index (χ0) is 30.3. The van der Waals surface area contributed by atoms with E-state index in [1.165, 1.54) is 9.80 Å². The van der Waals surface area contributed by atoms with Gasteiger partial charge >= 0.3 is 12.1 Å². The van der Waals surface area contributed by atoms with E-state index in [1.807, 2.05) is 0 Å². The van der Waals surface area contributed by atoms with Crippen LogP contribution in [0.25, 0.3) is 0 Å². The van der Waals surface area contributed by atoms with Crippen LogP contribution in [-0.2, 0) is 20.7 Å². The number of benzene rings is 2. The van der Waals surface area contributed by atoms with E-state index in [1.54, 1.807) is 62.4 Å². The van der Waals surface area contributed by atoms with Crippen molar-refractivity contribution in [3.63, 3.8) is 0 Å². The minimum atomic E-state index is -1.18. The summed E-state index contributed by atoms with van der Waals surface area (Å²) in [5.41, 5.74) is -1.01. The normalized spacial score (nSPS) is 22.0. The molecule has 10 heteroatoms. The zero-order valence-corrected chi connectivity index (χ0v) is 25.0. The SMILES string of the molecule is CCCCOc1ccc([C@@]2(C)NC(=O)N(CCCCN3C(=O)N[C@](C)(c4ccc(OCCCC)cc4)C3=O)C2=O)cc1. The number of hydrogen-bond acceptors (Lipinski definition) is 6. The lowest BCUT2D eigenvalue weighted by molar-refractivity contribution is -0.132. The lowest BCUT2D eigenvalue weighted by Gasteiger charge is -2.23. The number of urea groups is 2. The molecular weight excluding hydrogens is 536 g/mol. The number of carbonyl (C=O) groups excluding carboxylic acids is 4. The standard InChI is InChI=1S/C32H42N4O6/c1-5-7-21-41-25-15-11-23(12-16-25)31(3)27(37)35(29(39)33-31)19-9-10-20-36-28(38)32(4,34-30(36)40)24-13-17-26(18-14-24)42-22-8-6-2/h11-18H,5-10,19-22H2,1-4H3,(H,33,39)(H,34,40)/t31-,32-/m1/s1. The molecule has 6 amide bonds. The molecular formula is C32H42N4O6. The Labute approximate surface area is 247 Å². The first kappa shape index (κ1) is 30.9. The highest BCUT2D eigenvalue weighted by Crippen LogP contribution is 2.32. The molecule has 0 aromatic heterocycles. The van der Waals surface area contributed by atoms with Crippen molar-refractivity contribution in [1.82, 2.24) is 20.4 Å². The predicted molar refractivity (Wildman–Crippen MR) is 158 cm³/mol. The van der Waals surface area contributed by atoms with E-state index >= 15 is 0 Å². The number of hydrogen-bond donors (Lipinski definition) is 2. The maximum atomic E-state index is 13.3. The molecule has 4 rings (SSSR count). The van der Waals surface area contributed by atoms with Crippen molar-refractivity contribution in [2.45, 2.75) is 77.3 Å². The molecule has 2 heterocycles. The Morgan fingerprint density at radius 3 is 1.29 bits per heavy atom. The summed E-state index contributed by atoms with van der Waals surface area (Å²) in [4.78, 5) is 54.5. The van der Waals surface area contributed by atoms with Crippen LogP contribution in [0, 0.1) is 0 Å². The maximum absolute atomic E-state index is 13.3. The van der Waals surface area contributed by atoms with Crippen LogP contribution in [0.3, 0.4) is 0 Å². The molecule has 2 saturated heterocycles. The summed E-state index contributed by atoms with van der Waals surface area (Å²) in [6.07, 6.45) is 4.88. The first-order valence-corrected chi connectivity index (χ1v) is 14.9. The summed E-state index contributed by atoms with van der Waals surface area (Å²) in [6.45, 7) is 9.19. The van der Waals surface area contributed by atoms with E-state index in [2.05, 4.69) is 24.5 Å². The van der Waals surface area contributed by atoms with E-state index in [0.29, 0.717) is 37.2 Å². The van der Waals surface area contributed by atoms with Crippen molar-refractivity contribution in [2.75, 3.05) is 26.3 Å². The van der Waals surface area contributed by atoms with Crippen LogP contribution >= 0.6 is 0 Å². The lowest BCUT2D eigenvalue weighted by atomic mass is 9.92. The van der Waals surface area contributed by atoms with E-state index in [9.17, 15) is 19.2 Å². The number of ether oxygens (including phenoxy) is 2. The van der Waals surface area contributed by atoms with Crippen LogP contribution in [-0.4, -0.2) is 60.0 Å². The van der Waals surface area contributed by atoms with Crippen LogP contribution < -0.4 is 20.1 Å². The molecule has 2 aromatic rings. The second-order valence-electron chi connectivity index (χ2n) is 11.2. The monoisotopic (exact) mass is 578 g/mol. The van der Waals surface area contributed by atoms with Crippen molar-refractivity contribution in [3.05, 3.63) is 59.7 Å². The topological polar surface area (TPSA) is 117 Å². The van der Waals surface area contributed by atoms with Gasteiger partial charge in [0.15, 0.2) is 0 Å². The predicted octanol–water partition coefficient (Wildman–Crippen LogP) is 5.06. The average Bonchev–Trinajstić information content (AvgIpc) is 3.34. The number of nitrogens with one attached hydrogen (secondary N) is 2. The number of rotatable bonds is 15. The van der Waals surface area contributed by atoms with Crippen molar-refractivity contribution < 1.29 is 28.7 Å². The molecule has 42 heavy (non-hydrogen) atoms. The molecule has 2 aromatic carbocycles. The van der Waals surface area contributed by atoms with Gasteiger partial charge in [-0.05, 0) is 74.9 Å². The first-order valence-electron chi connectivity index (χ1n) is 14.9. The number of unbranched alkanes of at least 4 members (excludes halogenated alkanes) is 3. The summed E-state index contributed by atoms with van der Waals surface area (Å²) in [5.74, 6) is 0.762. The molecule has 10 nitrogen and oxygen atoms in total. The fraction of sp³-hybridized carbons (Fsp3) is 0.500. The highest BCUT2D eigenvalue weighted by molar-refractivity contribution is 6.08. The summed E-state index contributed by atoms with van der Waals surface area (Å²) < 4.78 is 11.4. The van der Waals surface area contributed by atoms with Crippen molar-refractivity contribution in [3.8, 4) is 11.5 Å². The zero-order valence-electron chi connectivity index (χ0n) is 25.0. The van der Waals surface area contributed by atoms with E-state index in [-0.39, 0.29) is 24.9 Å². The minimum absolute atomic E-state index is 0.179. The van der Waals surface area contributed by atoms with Crippen LogP contribution in [0.1, 0.15) is 77.3 Å². The smallest absolute Gasteiger partial charge is 0.325 e. The van der Waals surface area contributed by atoms with E-state index < -0.39 is 23.1 Å². The number of amides is 6. The number of nitrogens with zero attached hydrogens (tertiary/aromatic N) is 2.